The molecule has 4 aromatic carbocycles. The van der Waals surface area contributed by atoms with E-state index < -0.39 is 5.97 Å². The molecule has 0 bridgehead atoms. The second-order valence-electron chi connectivity index (χ2n) is 7.12. The van der Waals surface area contributed by atoms with E-state index in [0.717, 1.165) is 27.5 Å². The molecule has 0 atom stereocenters. The van der Waals surface area contributed by atoms with Crippen molar-refractivity contribution in [2.45, 2.75) is 0 Å². The minimum Gasteiger partial charge on any atom is -0.402 e. The molecule has 0 amide bonds. The molecule has 0 radical (unpaired) electrons. The van der Waals surface area contributed by atoms with Crippen LogP contribution in [0.15, 0.2) is 109 Å². The summed E-state index contributed by atoms with van der Waals surface area (Å²) in [5, 5.41) is 10.2. The van der Waals surface area contributed by atoms with E-state index >= 15 is 0 Å². The fourth-order valence-electron chi connectivity index (χ4n) is 3.55. The number of esters is 1. The van der Waals surface area contributed by atoms with Crippen LogP contribution in [0.4, 0.5) is 0 Å². The number of rotatable bonds is 4. The number of fused-ring (bicyclic) bond motifs is 1. The van der Waals surface area contributed by atoms with E-state index in [2.05, 4.69) is 34.5 Å². The minimum absolute atomic E-state index is 0.169. The topological polar surface area (TPSA) is 52.1 Å². The maximum atomic E-state index is 12.7. The lowest BCUT2D eigenvalue weighted by molar-refractivity contribution is 0.0728. The van der Waals surface area contributed by atoms with Crippen LogP contribution in [0.25, 0.3) is 33.2 Å². The standard InChI is InChI=1S/C27H18N2O2/c30-27(24-12-6-10-21-9-4-5-11-23(21)24)31-26-18-17-25(28-29-26)22-15-13-20(14-16-22)19-7-2-1-3-8-19/h1-18H. The van der Waals surface area contributed by atoms with E-state index in [4.69, 9.17) is 4.74 Å². The predicted molar refractivity (Wildman–Crippen MR) is 122 cm³/mol. The molecule has 0 N–H and O–H groups in total. The summed E-state index contributed by atoms with van der Waals surface area (Å²) in [6.07, 6.45) is 0. The van der Waals surface area contributed by atoms with Crippen molar-refractivity contribution < 1.29 is 9.53 Å². The van der Waals surface area contributed by atoms with Gasteiger partial charge in [-0.1, -0.05) is 91.0 Å². The summed E-state index contributed by atoms with van der Waals surface area (Å²) >= 11 is 0. The van der Waals surface area contributed by atoms with Crippen molar-refractivity contribution in [3.8, 4) is 28.3 Å². The third kappa shape index (κ3) is 3.91. The summed E-state index contributed by atoms with van der Waals surface area (Å²) in [7, 11) is 0. The molecular weight excluding hydrogens is 384 g/mol. The van der Waals surface area contributed by atoms with Crippen molar-refractivity contribution in [1.29, 1.82) is 0 Å². The highest BCUT2D eigenvalue weighted by molar-refractivity contribution is 6.05. The van der Waals surface area contributed by atoms with Gasteiger partial charge in [0.25, 0.3) is 0 Å². The van der Waals surface area contributed by atoms with Gasteiger partial charge in [0, 0.05) is 11.6 Å². The Morgan fingerprint density at radius 2 is 1.26 bits per heavy atom. The predicted octanol–water partition coefficient (Wildman–Crippen LogP) is 6.18. The third-order valence-corrected chi connectivity index (χ3v) is 5.13. The summed E-state index contributed by atoms with van der Waals surface area (Å²) in [6.45, 7) is 0. The molecular formula is C27H18N2O2. The first kappa shape index (κ1) is 18.7. The highest BCUT2D eigenvalue weighted by Crippen LogP contribution is 2.24. The Morgan fingerprint density at radius 3 is 2.03 bits per heavy atom. The number of carbonyl (C=O) groups is 1. The van der Waals surface area contributed by atoms with Crippen molar-refractivity contribution in [2.24, 2.45) is 0 Å². The smallest absolute Gasteiger partial charge is 0.345 e. The molecule has 0 aliphatic heterocycles. The Bertz CT molecular complexity index is 1340. The second kappa shape index (κ2) is 8.20. The van der Waals surface area contributed by atoms with Gasteiger partial charge in [-0.3, -0.25) is 0 Å². The minimum atomic E-state index is -0.453. The van der Waals surface area contributed by atoms with Gasteiger partial charge in [-0.05, 0) is 34.0 Å². The van der Waals surface area contributed by atoms with Crippen LogP contribution in [0.1, 0.15) is 10.4 Å². The van der Waals surface area contributed by atoms with Gasteiger partial charge in [-0.2, -0.15) is 0 Å². The van der Waals surface area contributed by atoms with E-state index in [-0.39, 0.29) is 5.88 Å². The van der Waals surface area contributed by atoms with Crippen LogP contribution in [0.5, 0.6) is 5.88 Å². The van der Waals surface area contributed by atoms with Gasteiger partial charge in [-0.15, -0.1) is 10.2 Å². The second-order valence-corrected chi connectivity index (χ2v) is 7.12. The number of benzene rings is 4. The van der Waals surface area contributed by atoms with E-state index in [1.54, 1.807) is 18.2 Å². The van der Waals surface area contributed by atoms with E-state index in [1.165, 1.54) is 0 Å². The summed E-state index contributed by atoms with van der Waals surface area (Å²) < 4.78 is 5.46. The molecule has 0 unspecified atom stereocenters. The van der Waals surface area contributed by atoms with Gasteiger partial charge < -0.3 is 4.74 Å². The Balaban J connectivity index is 1.34. The highest BCUT2D eigenvalue weighted by Gasteiger charge is 2.13. The number of aromatic nitrogens is 2. The van der Waals surface area contributed by atoms with Crippen LogP contribution in [-0.4, -0.2) is 16.2 Å². The van der Waals surface area contributed by atoms with Crippen molar-refractivity contribution in [2.75, 3.05) is 0 Å². The molecule has 0 aliphatic carbocycles. The first-order valence-electron chi connectivity index (χ1n) is 9.97. The Kier molecular flexibility index (Phi) is 4.95. The molecule has 4 heteroatoms. The van der Waals surface area contributed by atoms with Crippen molar-refractivity contribution in [3.63, 3.8) is 0 Å². The molecule has 5 rings (SSSR count). The first-order valence-corrected chi connectivity index (χ1v) is 9.97. The average molecular weight is 402 g/mol. The number of nitrogens with zero attached hydrogens (tertiary/aromatic N) is 2. The number of hydrogen-bond acceptors (Lipinski definition) is 4. The number of carbonyl (C=O) groups excluding carboxylic acids is 1. The SMILES string of the molecule is O=C(Oc1ccc(-c2ccc(-c3ccccc3)cc2)nn1)c1cccc2ccccc12. The lowest BCUT2D eigenvalue weighted by atomic mass is 10.0. The first-order chi connectivity index (χ1) is 15.3. The highest BCUT2D eigenvalue weighted by atomic mass is 16.5. The zero-order valence-electron chi connectivity index (χ0n) is 16.6. The normalized spacial score (nSPS) is 10.7. The van der Waals surface area contributed by atoms with E-state index in [1.807, 2.05) is 66.7 Å². The summed E-state index contributed by atoms with van der Waals surface area (Å²) in [4.78, 5) is 12.7. The molecule has 0 spiro atoms. The summed E-state index contributed by atoms with van der Waals surface area (Å²) in [5.74, 6) is -0.284. The molecule has 0 aliphatic rings. The zero-order chi connectivity index (χ0) is 21.0. The lowest BCUT2D eigenvalue weighted by Gasteiger charge is -2.07. The molecule has 4 nitrogen and oxygen atoms in total. The maximum absolute atomic E-state index is 12.7. The monoisotopic (exact) mass is 402 g/mol. The summed E-state index contributed by atoms with van der Waals surface area (Å²) in [6, 6.07) is 35.0. The Labute approximate surface area is 179 Å². The van der Waals surface area contributed by atoms with Gasteiger partial charge in [0.15, 0.2) is 0 Å². The molecule has 1 aromatic heterocycles. The van der Waals surface area contributed by atoms with Crippen molar-refractivity contribution >= 4 is 16.7 Å². The zero-order valence-corrected chi connectivity index (χ0v) is 16.6. The lowest BCUT2D eigenvalue weighted by Crippen LogP contribution is -2.10. The van der Waals surface area contributed by atoms with Crippen molar-refractivity contribution in [3.05, 3.63) is 115 Å². The number of hydrogen-bond donors (Lipinski definition) is 0. The Morgan fingerprint density at radius 1 is 0.581 bits per heavy atom. The van der Waals surface area contributed by atoms with Crippen LogP contribution in [-0.2, 0) is 0 Å². The van der Waals surface area contributed by atoms with Gasteiger partial charge in [0.05, 0.1) is 11.3 Å². The van der Waals surface area contributed by atoms with Crippen LogP contribution >= 0.6 is 0 Å². The van der Waals surface area contributed by atoms with Crippen LogP contribution in [0.3, 0.4) is 0 Å². The molecule has 31 heavy (non-hydrogen) atoms. The molecule has 0 saturated carbocycles. The number of ether oxygens (including phenoxy) is 1. The van der Waals surface area contributed by atoms with Gasteiger partial charge in [-0.25, -0.2) is 4.79 Å². The molecule has 0 saturated heterocycles. The van der Waals surface area contributed by atoms with Crippen LogP contribution in [0.2, 0.25) is 0 Å². The molecule has 1 heterocycles. The van der Waals surface area contributed by atoms with Crippen LogP contribution in [0, 0.1) is 0 Å². The largest absolute Gasteiger partial charge is 0.402 e. The van der Waals surface area contributed by atoms with E-state index in [9.17, 15) is 4.79 Å². The summed E-state index contributed by atoms with van der Waals surface area (Å²) in [5.41, 5.74) is 4.46. The molecule has 0 fully saturated rings. The van der Waals surface area contributed by atoms with Gasteiger partial charge in [0.2, 0.25) is 5.88 Å². The Hall–Kier alpha value is -4.31. The average Bonchev–Trinajstić information content (AvgIpc) is 2.85. The molecule has 5 aromatic rings. The van der Waals surface area contributed by atoms with Gasteiger partial charge in [0.1, 0.15) is 0 Å². The fraction of sp³-hybridized carbons (Fsp3) is 0. The fourth-order valence-corrected chi connectivity index (χ4v) is 3.55. The van der Waals surface area contributed by atoms with Gasteiger partial charge >= 0.3 is 5.97 Å². The van der Waals surface area contributed by atoms with Crippen LogP contribution < -0.4 is 4.74 Å². The molecule has 148 valence electrons. The third-order valence-electron chi connectivity index (χ3n) is 5.13. The quantitative estimate of drug-likeness (QED) is 0.337. The van der Waals surface area contributed by atoms with Crippen molar-refractivity contribution in [1.82, 2.24) is 10.2 Å². The maximum Gasteiger partial charge on any atom is 0.345 e. The van der Waals surface area contributed by atoms with E-state index in [0.29, 0.717) is 11.3 Å².